The number of piperazine rings is 1. The summed E-state index contributed by atoms with van der Waals surface area (Å²) in [7, 11) is 0. The average Bonchev–Trinajstić information content (AvgIpc) is 2.95. The largest absolute Gasteiger partial charge is 0.360 e. The molecule has 2 fully saturated rings. The summed E-state index contributed by atoms with van der Waals surface area (Å²) in [6, 6.07) is 3.22. The zero-order valence-electron chi connectivity index (χ0n) is 11.8. The highest BCUT2D eigenvalue weighted by atomic mass is 16.5. The van der Waals surface area contributed by atoms with Crippen LogP contribution in [0.2, 0.25) is 0 Å². The Hall–Kier alpha value is -0.870. The van der Waals surface area contributed by atoms with E-state index in [1.165, 1.54) is 32.1 Å². The first-order valence-electron chi connectivity index (χ1n) is 7.70. The summed E-state index contributed by atoms with van der Waals surface area (Å²) in [6.45, 7) is 5.42. The molecule has 2 atom stereocenters. The Bertz CT molecular complexity index is 373. The third-order valence-corrected chi connectivity index (χ3v) is 4.80. The van der Waals surface area contributed by atoms with Gasteiger partial charge in [-0.3, -0.25) is 4.90 Å². The van der Waals surface area contributed by atoms with Crippen molar-refractivity contribution in [1.29, 1.82) is 0 Å². The van der Waals surface area contributed by atoms with Gasteiger partial charge in [0.15, 0.2) is 5.76 Å². The second-order valence-corrected chi connectivity index (χ2v) is 6.17. The van der Waals surface area contributed by atoms with E-state index < -0.39 is 0 Å². The van der Waals surface area contributed by atoms with Crippen LogP contribution in [0.1, 0.15) is 44.8 Å². The van der Waals surface area contributed by atoms with Crippen LogP contribution in [0.3, 0.4) is 0 Å². The van der Waals surface area contributed by atoms with E-state index in [1.807, 2.05) is 6.07 Å². The zero-order chi connectivity index (χ0) is 13.1. The van der Waals surface area contributed by atoms with E-state index in [4.69, 9.17) is 4.52 Å². The Morgan fingerprint density at radius 1 is 1.37 bits per heavy atom. The van der Waals surface area contributed by atoms with Crippen molar-refractivity contribution in [1.82, 2.24) is 15.4 Å². The molecule has 0 bridgehead atoms. The molecular formula is C15H25N3O. The monoisotopic (exact) mass is 263 g/mol. The normalized spacial score (nSPS) is 30.6. The van der Waals surface area contributed by atoms with Crippen molar-refractivity contribution in [2.75, 3.05) is 13.1 Å². The quantitative estimate of drug-likeness (QED) is 0.909. The Morgan fingerprint density at radius 2 is 2.21 bits per heavy atom. The summed E-state index contributed by atoms with van der Waals surface area (Å²) in [5.41, 5.74) is 0. The fourth-order valence-electron chi connectivity index (χ4n) is 3.54. The highest BCUT2D eigenvalue weighted by Crippen LogP contribution is 2.28. The van der Waals surface area contributed by atoms with E-state index in [-0.39, 0.29) is 0 Å². The highest BCUT2D eigenvalue weighted by Gasteiger charge is 2.31. The zero-order valence-corrected chi connectivity index (χ0v) is 11.8. The molecule has 1 aromatic rings. The molecule has 0 radical (unpaired) electrons. The Labute approximate surface area is 115 Å². The molecule has 0 spiro atoms. The Kier molecular flexibility index (Phi) is 4.18. The van der Waals surface area contributed by atoms with Crippen LogP contribution < -0.4 is 5.32 Å². The van der Waals surface area contributed by atoms with Gasteiger partial charge in [-0.25, -0.2) is 0 Å². The van der Waals surface area contributed by atoms with E-state index in [0.717, 1.165) is 31.3 Å². The van der Waals surface area contributed by atoms with Gasteiger partial charge in [0, 0.05) is 31.2 Å². The lowest BCUT2D eigenvalue weighted by Crippen LogP contribution is -2.57. The molecule has 4 nitrogen and oxygen atoms in total. The van der Waals surface area contributed by atoms with Gasteiger partial charge in [0.1, 0.15) is 0 Å². The molecule has 106 valence electrons. The first kappa shape index (κ1) is 13.1. The van der Waals surface area contributed by atoms with Gasteiger partial charge >= 0.3 is 0 Å². The van der Waals surface area contributed by atoms with Crippen molar-refractivity contribution < 1.29 is 4.52 Å². The maximum absolute atomic E-state index is 5.25. The molecule has 1 aliphatic heterocycles. The van der Waals surface area contributed by atoms with Gasteiger partial charge in [-0.05, 0) is 25.7 Å². The van der Waals surface area contributed by atoms with E-state index in [0.29, 0.717) is 12.1 Å². The Morgan fingerprint density at radius 3 is 2.95 bits per heavy atom. The van der Waals surface area contributed by atoms with Gasteiger partial charge < -0.3 is 9.84 Å². The highest BCUT2D eigenvalue weighted by molar-refractivity contribution is 4.96. The Balaban J connectivity index is 1.59. The lowest BCUT2D eigenvalue weighted by atomic mass is 9.82. The first-order chi connectivity index (χ1) is 9.33. The smallest absolute Gasteiger partial charge is 0.150 e. The van der Waals surface area contributed by atoms with Crippen LogP contribution in [0, 0.1) is 5.92 Å². The minimum Gasteiger partial charge on any atom is -0.360 e. The second-order valence-electron chi connectivity index (χ2n) is 6.17. The SMILES string of the molecule is CC1CNC(C2CCCCC2)CN1Cc1ccno1. The summed E-state index contributed by atoms with van der Waals surface area (Å²) in [4.78, 5) is 2.54. The van der Waals surface area contributed by atoms with Gasteiger partial charge in [0.05, 0.1) is 12.7 Å². The van der Waals surface area contributed by atoms with Crippen LogP contribution in [0.4, 0.5) is 0 Å². The van der Waals surface area contributed by atoms with Crippen LogP contribution in [-0.2, 0) is 6.54 Å². The summed E-state index contributed by atoms with van der Waals surface area (Å²) in [5.74, 6) is 1.86. The van der Waals surface area contributed by atoms with Crippen molar-refractivity contribution in [3.63, 3.8) is 0 Å². The number of nitrogens with zero attached hydrogens (tertiary/aromatic N) is 2. The summed E-state index contributed by atoms with van der Waals surface area (Å²) in [6.07, 6.45) is 8.81. The van der Waals surface area contributed by atoms with Crippen LogP contribution in [-0.4, -0.2) is 35.2 Å². The fraction of sp³-hybridized carbons (Fsp3) is 0.800. The van der Waals surface area contributed by atoms with Gasteiger partial charge in [-0.2, -0.15) is 0 Å². The van der Waals surface area contributed by atoms with E-state index in [2.05, 4.69) is 22.3 Å². The van der Waals surface area contributed by atoms with Crippen LogP contribution >= 0.6 is 0 Å². The average molecular weight is 263 g/mol. The van der Waals surface area contributed by atoms with Gasteiger partial charge in [0.2, 0.25) is 0 Å². The molecule has 2 heterocycles. The molecule has 1 saturated heterocycles. The number of hydrogen-bond acceptors (Lipinski definition) is 4. The standard InChI is InChI=1S/C15H25N3O/c1-12-9-16-15(13-5-3-2-4-6-13)11-18(12)10-14-7-8-17-19-14/h7-8,12-13,15-16H,2-6,9-11H2,1H3. The number of rotatable bonds is 3. The summed E-state index contributed by atoms with van der Waals surface area (Å²) in [5, 5.41) is 7.56. The molecule has 2 unspecified atom stereocenters. The predicted octanol–water partition coefficient (Wildman–Crippen LogP) is 2.42. The van der Waals surface area contributed by atoms with E-state index >= 15 is 0 Å². The van der Waals surface area contributed by atoms with Crippen molar-refractivity contribution in [3.05, 3.63) is 18.0 Å². The van der Waals surface area contributed by atoms with Crippen molar-refractivity contribution >= 4 is 0 Å². The first-order valence-corrected chi connectivity index (χ1v) is 7.70. The van der Waals surface area contributed by atoms with Crippen molar-refractivity contribution in [3.8, 4) is 0 Å². The minimum absolute atomic E-state index is 0.574. The molecule has 3 rings (SSSR count). The number of aromatic nitrogens is 1. The third-order valence-electron chi connectivity index (χ3n) is 4.80. The summed E-state index contributed by atoms with van der Waals surface area (Å²) < 4.78 is 5.25. The van der Waals surface area contributed by atoms with Crippen LogP contribution in [0.15, 0.2) is 16.8 Å². The predicted molar refractivity (Wildman–Crippen MR) is 74.7 cm³/mol. The molecular weight excluding hydrogens is 238 g/mol. The van der Waals surface area contributed by atoms with Crippen molar-refractivity contribution in [2.45, 2.75) is 57.7 Å². The molecule has 0 aromatic carbocycles. The molecule has 1 aromatic heterocycles. The van der Waals surface area contributed by atoms with Crippen LogP contribution in [0.5, 0.6) is 0 Å². The molecule has 1 aliphatic carbocycles. The maximum Gasteiger partial charge on any atom is 0.150 e. The lowest BCUT2D eigenvalue weighted by Gasteiger charge is -2.42. The van der Waals surface area contributed by atoms with E-state index in [1.54, 1.807) is 6.20 Å². The molecule has 0 amide bonds. The van der Waals surface area contributed by atoms with Crippen molar-refractivity contribution in [2.24, 2.45) is 5.92 Å². The van der Waals surface area contributed by atoms with Gasteiger partial charge in [-0.1, -0.05) is 24.4 Å². The third kappa shape index (κ3) is 3.18. The molecule has 19 heavy (non-hydrogen) atoms. The fourth-order valence-corrected chi connectivity index (χ4v) is 3.54. The molecule has 1 saturated carbocycles. The second kappa shape index (κ2) is 6.06. The maximum atomic E-state index is 5.25. The summed E-state index contributed by atoms with van der Waals surface area (Å²) >= 11 is 0. The topological polar surface area (TPSA) is 41.3 Å². The van der Waals surface area contributed by atoms with E-state index in [9.17, 15) is 0 Å². The van der Waals surface area contributed by atoms with Gasteiger partial charge in [0.25, 0.3) is 0 Å². The molecule has 1 N–H and O–H groups in total. The van der Waals surface area contributed by atoms with Gasteiger partial charge in [-0.15, -0.1) is 0 Å². The number of nitrogens with one attached hydrogen (secondary N) is 1. The molecule has 2 aliphatic rings. The van der Waals surface area contributed by atoms with Crippen LogP contribution in [0.25, 0.3) is 0 Å². The minimum atomic E-state index is 0.574. The lowest BCUT2D eigenvalue weighted by molar-refractivity contribution is 0.0897. The number of hydrogen-bond donors (Lipinski definition) is 1. The molecule has 4 heteroatoms.